The first kappa shape index (κ1) is 18.1. The van der Waals surface area contributed by atoms with Gasteiger partial charge in [0.2, 0.25) is 5.91 Å². The summed E-state index contributed by atoms with van der Waals surface area (Å²) in [4.78, 5) is 29.4. The van der Waals surface area contributed by atoms with E-state index in [1.54, 1.807) is 0 Å². The fourth-order valence-electron chi connectivity index (χ4n) is 2.92. The Bertz CT molecular complexity index is 1060. The predicted molar refractivity (Wildman–Crippen MR) is 112 cm³/mol. The molecule has 0 fully saturated rings. The Balaban J connectivity index is 1.52. The van der Waals surface area contributed by atoms with E-state index >= 15 is 0 Å². The number of nitrogens with zero attached hydrogens (tertiary/aromatic N) is 3. The van der Waals surface area contributed by atoms with Crippen LogP contribution in [0.5, 0.6) is 0 Å². The minimum absolute atomic E-state index is 0.122. The molecule has 0 spiro atoms. The fourth-order valence-corrected chi connectivity index (χ4v) is 3.63. The van der Waals surface area contributed by atoms with Crippen LogP contribution >= 0.6 is 11.3 Å². The number of benzene rings is 2. The van der Waals surface area contributed by atoms with E-state index in [9.17, 15) is 9.59 Å². The summed E-state index contributed by atoms with van der Waals surface area (Å²) in [5.74, 6) is -0.457. The summed E-state index contributed by atoms with van der Waals surface area (Å²) >= 11 is 1.36. The van der Waals surface area contributed by atoms with Crippen molar-refractivity contribution in [3.63, 3.8) is 0 Å². The van der Waals surface area contributed by atoms with Gasteiger partial charge in [0.25, 0.3) is 5.91 Å². The Hall–Kier alpha value is -3.32. The molecule has 1 N–H and O–H groups in total. The lowest BCUT2D eigenvalue weighted by Gasteiger charge is -2.23. The van der Waals surface area contributed by atoms with Crippen LogP contribution in [0.1, 0.15) is 18.4 Å². The summed E-state index contributed by atoms with van der Waals surface area (Å²) in [5, 5.41) is 10.8. The molecule has 0 aliphatic carbocycles. The van der Waals surface area contributed by atoms with E-state index in [4.69, 9.17) is 0 Å². The van der Waals surface area contributed by atoms with Crippen molar-refractivity contribution < 1.29 is 9.59 Å². The molecule has 1 aliphatic heterocycles. The molecule has 7 heteroatoms. The summed E-state index contributed by atoms with van der Waals surface area (Å²) in [7, 11) is 0. The smallest absolute Gasteiger partial charge is 0.273 e. The number of anilines is 2. The molecular weight excluding hydrogens is 372 g/mol. The van der Waals surface area contributed by atoms with Gasteiger partial charge in [-0.15, -0.1) is 11.3 Å². The van der Waals surface area contributed by atoms with Crippen LogP contribution in [0.25, 0.3) is 11.3 Å². The van der Waals surface area contributed by atoms with Crippen molar-refractivity contribution >= 4 is 39.7 Å². The molecule has 0 bridgehead atoms. The first-order valence-electron chi connectivity index (χ1n) is 8.89. The van der Waals surface area contributed by atoms with E-state index in [0.29, 0.717) is 23.0 Å². The summed E-state index contributed by atoms with van der Waals surface area (Å²) in [5.41, 5.74) is 3.80. The van der Waals surface area contributed by atoms with Crippen LogP contribution in [0.15, 0.2) is 65.1 Å². The number of hydrazone groups is 1. The van der Waals surface area contributed by atoms with Gasteiger partial charge in [0.15, 0.2) is 5.13 Å². The van der Waals surface area contributed by atoms with Crippen LogP contribution in [0.3, 0.4) is 0 Å². The average Bonchev–Trinajstić information content (AvgIpc) is 3.17. The van der Waals surface area contributed by atoms with E-state index in [1.807, 2.05) is 66.9 Å². The summed E-state index contributed by atoms with van der Waals surface area (Å²) < 4.78 is 0. The molecule has 2 aromatic carbocycles. The Morgan fingerprint density at radius 3 is 2.71 bits per heavy atom. The molecule has 28 heavy (non-hydrogen) atoms. The third-order valence-electron chi connectivity index (χ3n) is 4.34. The number of aromatic nitrogens is 1. The lowest BCUT2D eigenvalue weighted by Crippen LogP contribution is -2.36. The topological polar surface area (TPSA) is 74.7 Å². The van der Waals surface area contributed by atoms with Crippen LogP contribution in [-0.2, 0) is 9.59 Å². The molecule has 4 rings (SSSR count). The van der Waals surface area contributed by atoms with Gasteiger partial charge in [-0.1, -0.05) is 42.5 Å². The molecule has 0 atom stereocenters. The molecule has 0 unspecified atom stereocenters. The van der Waals surface area contributed by atoms with Crippen molar-refractivity contribution in [1.82, 2.24) is 4.98 Å². The van der Waals surface area contributed by atoms with Crippen molar-refractivity contribution in [3.8, 4) is 11.3 Å². The summed E-state index contributed by atoms with van der Waals surface area (Å²) in [6.07, 6.45) is 0.553. The van der Waals surface area contributed by atoms with Gasteiger partial charge in [0.05, 0.1) is 11.4 Å². The van der Waals surface area contributed by atoms with E-state index in [-0.39, 0.29) is 18.2 Å². The minimum Gasteiger partial charge on any atom is -0.297 e. The zero-order valence-electron chi connectivity index (χ0n) is 15.3. The average molecular weight is 390 g/mol. The maximum atomic E-state index is 12.7. The van der Waals surface area contributed by atoms with Gasteiger partial charge in [0, 0.05) is 23.8 Å². The molecule has 3 aromatic rings. The van der Waals surface area contributed by atoms with Crippen molar-refractivity contribution in [2.75, 3.05) is 10.3 Å². The minimum atomic E-state index is -0.334. The fraction of sp³-hybridized carbons (Fsp3) is 0.143. The molecule has 0 saturated carbocycles. The normalized spacial score (nSPS) is 14.0. The van der Waals surface area contributed by atoms with Gasteiger partial charge < -0.3 is 0 Å². The van der Waals surface area contributed by atoms with Gasteiger partial charge >= 0.3 is 0 Å². The molecule has 6 nitrogen and oxygen atoms in total. The first-order chi connectivity index (χ1) is 13.6. The van der Waals surface area contributed by atoms with Gasteiger partial charge in [-0.2, -0.15) is 5.10 Å². The zero-order valence-corrected chi connectivity index (χ0v) is 16.1. The van der Waals surface area contributed by atoms with Crippen LogP contribution in [0.4, 0.5) is 10.8 Å². The number of aryl methyl sites for hydroxylation is 1. The summed E-state index contributed by atoms with van der Waals surface area (Å²) in [6.45, 7) is 1.95. The number of thiazole rings is 1. The molecule has 2 amide bonds. The number of carbonyl (C=O) groups excluding carboxylic acids is 2. The van der Waals surface area contributed by atoms with Crippen LogP contribution in [0, 0.1) is 6.92 Å². The van der Waals surface area contributed by atoms with Crippen molar-refractivity contribution in [2.24, 2.45) is 5.10 Å². The highest BCUT2D eigenvalue weighted by Crippen LogP contribution is 2.25. The number of hydrogen-bond donors (Lipinski definition) is 1. The second-order valence-corrected chi connectivity index (χ2v) is 7.31. The number of rotatable bonds is 4. The maximum Gasteiger partial charge on any atom is 0.273 e. The summed E-state index contributed by atoms with van der Waals surface area (Å²) in [6, 6.07) is 17.3. The number of carbonyl (C=O) groups is 2. The Morgan fingerprint density at radius 2 is 1.93 bits per heavy atom. The van der Waals surface area contributed by atoms with Crippen LogP contribution in [-0.4, -0.2) is 22.5 Å². The van der Waals surface area contributed by atoms with Gasteiger partial charge in [-0.3, -0.25) is 14.9 Å². The lowest BCUT2D eigenvalue weighted by molar-refractivity contribution is -0.118. The maximum absolute atomic E-state index is 12.7. The van der Waals surface area contributed by atoms with E-state index in [2.05, 4.69) is 15.4 Å². The van der Waals surface area contributed by atoms with Gasteiger partial charge in [-0.05, 0) is 24.6 Å². The third kappa shape index (κ3) is 3.84. The highest BCUT2D eigenvalue weighted by atomic mass is 32.1. The number of amides is 2. The van der Waals surface area contributed by atoms with Crippen molar-refractivity contribution in [3.05, 3.63) is 65.5 Å². The highest BCUT2D eigenvalue weighted by molar-refractivity contribution is 7.14. The molecular formula is C21H18N4O2S. The van der Waals surface area contributed by atoms with Crippen LogP contribution < -0.4 is 10.3 Å². The molecule has 0 saturated heterocycles. The third-order valence-corrected chi connectivity index (χ3v) is 5.09. The predicted octanol–water partition coefficient (Wildman–Crippen LogP) is 4.24. The van der Waals surface area contributed by atoms with E-state index in [1.165, 1.54) is 16.3 Å². The SMILES string of the molecule is Cc1cccc(N2N=C(C(=O)Nc3nc(-c4ccccc4)cs3)CCC2=O)c1. The van der Waals surface area contributed by atoms with Gasteiger partial charge in [-0.25, -0.2) is 9.99 Å². The second kappa shape index (κ2) is 7.74. The monoisotopic (exact) mass is 390 g/mol. The molecule has 140 valence electrons. The largest absolute Gasteiger partial charge is 0.297 e. The number of nitrogens with one attached hydrogen (secondary N) is 1. The Kier molecular flexibility index (Phi) is 4.99. The first-order valence-corrected chi connectivity index (χ1v) is 9.77. The number of hydrogen-bond acceptors (Lipinski definition) is 5. The van der Waals surface area contributed by atoms with E-state index < -0.39 is 0 Å². The quantitative estimate of drug-likeness (QED) is 0.724. The standard InChI is InChI=1S/C21H18N4O2S/c1-14-6-5-9-16(12-14)25-19(26)11-10-17(24-25)20(27)23-21-22-18(13-28-21)15-7-3-2-4-8-15/h2-9,12-13H,10-11H2,1H3,(H,22,23,27). The molecule has 1 aromatic heterocycles. The Morgan fingerprint density at radius 1 is 1.11 bits per heavy atom. The molecule has 1 aliphatic rings. The second-order valence-electron chi connectivity index (χ2n) is 6.45. The van der Waals surface area contributed by atoms with Crippen LogP contribution in [0.2, 0.25) is 0 Å². The lowest BCUT2D eigenvalue weighted by atomic mass is 10.1. The molecule has 2 heterocycles. The van der Waals surface area contributed by atoms with E-state index in [0.717, 1.165) is 16.8 Å². The van der Waals surface area contributed by atoms with Crippen molar-refractivity contribution in [2.45, 2.75) is 19.8 Å². The highest BCUT2D eigenvalue weighted by Gasteiger charge is 2.26. The van der Waals surface area contributed by atoms with Crippen molar-refractivity contribution in [1.29, 1.82) is 0 Å². The Labute approximate surface area is 166 Å². The molecule has 0 radical (unpaired) electrons. The zero-order chi connectivity index (χ0) is 19.5. The van der Waals surface area contributed by atoms with Gasteiger partial charge in [0.1, 0.15) is 5.71 Å².